The summed E-state index contributed by atoms with van der Waals surface area (Å²) >= 11 is 0. The molecule has 168 valence electrons. The molecule has 0 atom stereocenters. The van der Waals surface area contributed by atoms with E-state index in [0.29, 0.717) is 19.0 Å². The van der Waals surface area contributed by atoms with Crippen molar-refractivity contribution in [1.29, 1.82) is 0 Å². The zero-order chi connectivity index (χ0) is 21.3. The summed E-state index contributed by atoms with van der Waals surface area (Å²) in [6.07, 6.45) is 3.27. The van der Waals surface area contributed by atoms with Crippen LogP contribution >= 0.6 is 24.0 Å². The highest BCUT2D eigenvalue weighted by Crippen LogP contribution is 2.24. The molecule has 1 aliphatic heterocycles. The van der Waals surface area contributed by atoms with Gasteiger partial charge in [-0.25, -0.2) is 14.4 Å². The summed E-state index contributed by atoms with van der Waals surface area (Å²) in [5, 5.41) is 6.55. The van der Waals surface area contributed by atoms with Crippen molar-refractivity contribution in [3.05, 3.63) is 59.5 Å². The number of benzene rings is 1. The first-order valence-electron chi connectivity index (χ1n) is 10.3. The number of carbonyl (C=O) groups excluding carboxylic acids is 1. The second kappa shape index (κ2) is 12.4. The van der Waals surface area contributed by atoms with E-state index in [0.717, 1.165) is 49.4 Å². The first kappa shape index (κ1) is 24.8. The maximum Gasteiger partial charge on any atom is 0.220 e. The van der Waals surface area contributed by atoms with Gasteiger partial charge >= 0.3 is 0 Å². The Bertz CT molecular complexity index is 886. The van der Waals surface area contributed by atoms with Gasteiger partial charge in [-0.2, -0.15) is 0 Å². The molecule has 0 bridgehead atoms. The van der Waals surface area contributed by atoms with Gasteiger partial charge in [0.1, 0.15) is 11.6 Å². The minimum Gasteiger partial charge on any atom is -0.369 e. The zero-order valence-corrected chi connectivity index (χ0v) is 20.0. The SMILES string of the molecule is CCNC(=NCc1cccc(F)c1)NCc1cccnc1N1CCC(C(N)=O)CC1.I. The van der Waals surface area contributed by atoms with Crippen molar-refractivity contribution < 1.29 is 9.18 Å². The maximum absolute atomic E-state index is 13.4. The van der Waals surface area contributed by atoms with Crippen LogP contribution in [-0.4, -0.2) is 36.5 Å². The normalized spacial score (nSPS) is 14.6. The summed E-state index contributed by atoms with van der Waals surface area (Å²) in [7, 11) is 0. The lowest BCUT2D eigenvalue weighted by Gasteiger charge is -2.32. The van der Waals surface area contributed by atoms with E-state index in [9.17, 15) is 9.18 Å². The number of halogens is 2. The number of nitrogens with two attached hydrogens (primary N) is 1. The molecule has 4 N–H and O–H groups in total. The molecule has 0 aliphatic carbocycles. The molecule has 31 heavy (non-hydrogen) atoms. The van der Waals surface area contributed by atoms with Gasteiger partial charge in [0.2, 0.25) is 5.91 Å². The molecule has 1 fully saturated rings. The van der Waals surface area contributed by atoms with Crippen LogP contribution in [0.4, 0.5) is 10.2 Å². The second-order valence-electron chi connectivity index (χ2n) is 7.33. The van der Waals surface area contributed by atoms with Crippen molar-refractivity contribution in [2.45, 2.75) is 32.9 Å². The van der Waals surface area contributed by atoms with Crippen LogP contribution in [0.25, 0.3) is 0 Å². The number of primary amides is 1. The van der Waals surface area contributed by atoms with E-state index in [2.05, 4.69) is 25.5 Å². The molecule has 1 aromatic carbocycles. The molecule has 1 aromatic heterocycles. The smallest absolute Gasteiger partial charge is 0.220 e. The lowest BCUT2D eigenvalue weighted by molar-refractivity contribution is -0.122. The largest absolute Gasteiger partial charge is 0.369 e. The number of hydrogen-bond donors (Lipinski definition) is 3. The molecule has 0 spiro atoms. The van der Waals surface area contributed by atoms with Gasteiger partial charge in [-0.1, -0.05) is 18.2 Å². The fourth-order valence-electron chi connectivity index (χ4n) is 3.56. The Hall–Kier alpha value is -2.43. The number of nitrogens with zero attached hydrogens (tertiary/aromatic N) is 3. The van der Waals surface area contributed by atoms with Gasteiger partial charge in [0.15, 0.2) is 5.96 Å². The number of pyridine rings is 1. The minimum absolute atomic E-state index is 0. The van der Waals surface area contributed by atoms with Crippen LogP contribution in [-0.2, 0) is 17.9 Å². The number of anilines is 1. The van der Waals surface area contributed by atoms with E-state index in [1.165, 1.54) is 12.1 Å². The van der Waals surface area contributed by atoms with Gasteiger partial charge in [0.05, 0.1) is 6.54 Å². The minimum atomic E-state index is -0.263. The molecule has 1 aliphatic rings. The van der Waals surface area contributed by atoms with Crippen molar-refractivity contribution in [1.82, 2.24) is 15.6 Å². The third-order valence-corrected chi connectivity index (χ3v) is 5.16. The predicted octanol–water partition coefficient (Wildman–Crippen LogP) is 2.80. The number of aliphatic imine (C=N–C) groups is 1. The van der Waals surface area contributed by atoms with Gasteiger partial charge in [0.25, 0.3) is 0 Å². The lowest BCUT2D eigenvalue weighted by atomic mass is 9.96. The van der Waals surface area contributed by atoms with Crippen molar-refractivity contribution in [2.24, 2.45) is 16.6 Å². The third kappa shape index (κ3) is 7.34. The topological polar surface area (TPSA) is 95.6 Å². The fraction of sp³-hybridized carbons (Fsp3) is 0.409. The zero-order valence-electron chi connectivity index (χ0n) is 17.7. The molecule has 0 radical (unpaired) electrons. The van der Waals surface area contributed by atoms with E-state index < -0.39 is 0 Å². The number of aromatic nitrogens is 1. The predicted molar refractivity (Wildman–Crippen MR) is 132 cm³/mol. The highest BCUT2D eigenvalue weighted by Gasteiger charge is 2.24. The number of piperidine rings is 1. The van der Waals surface area contributed by atoms with Gasteiger partial charge in [-0.3, -0.25) is 4.79 Å². The Balaban J connectivity index is 0.00000341. The van der Waals surface area contributed by atoms with E-state index in [-0.39, 0.29) is 41.6 Å². The van der Waals surface area contributed by atoms with E-state index in [1.807, 2.05) is 25.1 Å². The first-order chi connectivity index (χ1) is 14.6. The van der Waals surface area contributed by atoms with Gasteiger partial charge in [0, 0.05) is 43.9 Å². The van der Waals surface area contributed by atoms with Crippen molar-refractivity contribution in [3.8, 4) is 0 Å². The molecule has 0 unspecified atom stereocenters. The van der Waals surface area contributed by atoms with Crippen LogP contribution in [0.3, 0.4) is 0 Å². The van der Waals surface area contributed by atoms with Crippen LogP contribution < -0.4 is 21.3 Å². The number of carbonyl (C=O) groups is 1. The Labute approximate surface area is 199 Å². The molecule has 7 nitrogen and oxygen atoms in total. The molecular weight excluding hydrogens is 510 g/mol. The average molecular weight is 540 g/mol. The molecular formula is C22H30FIN6O. The molecule has 1 saturated heterocycles. The number of hydrogen-bond acceptors (Lipinski definition) is 4. The number of rotatable bonds is 7. The van der Waals surface area contributed by atoms with Gasteiger partial charge in [-0.15, -0.1) is 24.0 Å². The van der Waals surface area contributed by atoms with Crippen LogP contribution in [0.1, 0.15) is 30.9 Å². The highest BCUT2D eigenvalue weighted by molar-refractivity contribution is 14.0. The van der Waals surface area contributed by atoms with Gasteiger partial charge in [-0.05, 0) is 43.5 Å². The molecule has 0 saturated carbocycles. The molecule has 9 heteroatoms. The summed E-state index contributed by atoms with van der Waals surface area (Å²) in [5.41, 5.74) is 7.30. The average Bonchev–Trinajstić information content (AvgIpc) is 2.76. The van der Waals surface area contributed by atoms with Crippen molar-refractivity contribution in [2.75, 3.05) is 24.5 Å². The van der Waals surface area contributed by atoms with E-state index in [1.54, 1.807) is 12.3 Å². The van der Waals surface area contributed by atoms with Crippen LogP contribution in [0.2, 0.25) is 0 Å². The Kier molecular flexibility index (Phi) is 9.96. The van der Waals surface area contributed by atoms with E-state index >= 15 is 0 Å². The summed E-state index contributed by atoms with van der Waals surface area (Å²) in [6.45, 7) is 5.16. The van der Waals surface area contributed by atoms with Crippen LogP contribution in [0.5, 0.6) is 0 Å². The second-order valence-corrected chi connectivity index (χ2v) is 7.33. The summed E-state index contributed by atoms with van der Waals surface area (Å²) in [6, 6.07) is 10.4. The van der Waals surface area contributed by atoms with Crippen LogP contribution in [0.15, 0.2) is 47.6 Å². The highest BCUT2D eigenvalue weighted by atomic mass is 127. The molecule has 2 aromatic rings. The monoisotopic (exact) mass is 540 g/mol. The van der Waals surface area contributed by atoms with E-state index in [4.69, 9.17) is 5.73 Å². The standard InChI is InChI=1S/C22H29FN6O.HI/c1-2-25-22(27-14-16-5-3-7-19(23)13-16)28-15-18-6-4-10-26-21(18)29-11-8-17(9-12-29)20(24)30;/h3-7,10,13,17H,2,8-9,11-12,14-15H2,1H3,(H2,24,30)(H2,25,27,28);1H. The quantitative estimate of drug-likeness (QED) is 0.285. The maximum atomic E-state index is 13.4. The van der Waals surface area contributed by atoms with Crippen LogP contribution in [0, 0.1) is 11.7 Å². The number of nitrogens with one attached hydrogen (secondary N) is 2. The lowest BCUT2D eigenvalue weighted by Crippen LogP contribution is -2.40. The summed E-state index contributed by atoms with van der Waals surface area (Å²) in [5.74, 6) is 1.03. The number of guanidine groups is 1. The summed E-state index contributed by atoms with van der Waals surface area (Å²) in [4.78, 5) is 22.7. The Morgan fingerprint density at radius 2 is 2.03 bits per heavy atom. The Morgan fingerprint density at radius 3 is 2.71 bits per heavy atom. The van der Waals surface area contributed by atoms with Crippen molar-refractivity contribution in [3.63, 3.8) is 0 Å². The molecule has 3 rings (SSSR count). The Morgan fingerprint density at radius 1 is 1.26 bits per heavy atom. The molecule has 2 heterocycles. The first-order valence-corrected chi connectivity index (χ1v) is 10.3. The number of amides is 1. The summed E-state index contributed by atoms with van der Waals surface area (Å²) < 4.78 is 13.4. The van der Waals surface area contributed by atoms with Crippen molar-refractivity contribution >= 4 is 41.7 Å². The molecule has 1 amide bonds. The third-order valence-electron chi connectivity index (χ3n) is 5.16. The fourth-order valence-corrected chi connectivity index (χ4v) is 3.56. The van der Waals surface area contributed by atoms with Gasteiger partial charge < -0.3 is 21.3 Å².